The van der Waals surface area contributed by atoms with Crippen LogP contribution in [-0.2, 0) is 6.54 Å². The van der Waals surface area contributed by atoms with Crippen molar-refractivity contribution in [1.29, 1.82) is 5.26 Å². The number of nitriles is 1. The fraction of sp³-hybridized carbons (Fsp3) is 0.214. The smallest absolute Gasteiger partial charge is 0.101 e. The number of halogens is 1. The fourth-order valence-corrected chi connectivity index (χ4v) is 3.12. The summed E-state index contributed by atoms with van der Waals surface area (Å²) in [6.07, 6.45) is 0. The lowest BCUT2D eigenvalue weighted by Crippen LogP contribution is -2.01. The second kappa shape index (κ2) is 5.55. The van der Waals surface area contributed by atoms with Crippen LogP contribution in [0.15, 0.2) is 28.7 Å². The summed E-state index contributed by atoms with van der Waals surface area (Å²) in [6.45, 7) is 4.99. The van der Waals surface area contributed by atoms with E-state index in [0.29, 0.717) is 5.56 Å². The fourth-order valence-electron chi connectivity index (χ4n) is 1.81. The van der Waals surface area contributed by atoms with Gasteiger partial charge in [0.05, 0.1) is 11.3 Å². The Kier molecular flexibility index (Phi) is 4.05. The molecule has 0 radical (unpaired) electrons. The molecule has 0 aliphatic carbocycles. The monoisotopic (exact) mass is 320 g/mol. The first-order valence-electron chi connectivity index (χ1n) is 5.59. The van der Waals surface area contributed by atoms with Crippen LogP contribution in [0.25, 0.3) is 0 Å². The molecule has 4 heteroatoms. The Hall–Kier alpha value is -1.31. The number of anilines is 1. The molecule has 0 saturated heterocycles. The summed E-state index contributed by atoms with van der Waals surface area (Å²) >= 11 is 5.23. The number of nitrogens with zero attached hydrogens (tertiary/aromatic N) is 1. The SMILES string of the molecule is Cc1cc(CNc2cc(Br)ccc2C#N)c(C)s1. The topological polar surface area (TPSA) is 35.8 Å². The minimum Gasteiger partial charge on any atom is -0.380 e. The first-order chi connectivity index (χ1) is 8.60. The molecule has 1 aromatic heterocycles. The van der Waals surface area contributed by atoms with Gasteiger partial charge in [-0.2, -0.15) is 5.26 Å². The average Bonchev–Trinajstić information content (AvgIpc) is 2.65. The molecular weight excluding hydrogens is 308 g/mol. The van der Waals surface area contributed by atoms with Gasteiger partial charge in [-0.3, -0.25) is 0 Å². The van der Waals surface area contributed by atoms with Crippen LogP contribution in [0.2, 0.25) is 0 Å². The van der Waals surface area contributed by atoms with Gasteiger partial charge in [0.25, 0.3) is 0 Å². The second-order valence-electron chi connectivity index (χ2n) is 4.09. The quantitative estimate of drug-likeness (QED) is 0.896. The summed E-state index contributed by atoms with van der Waals surface area (Å²) in [5.41, 5.74) is 2.83. The van der Waals surface area contributed by atoms with Crippen molar-refractivity contribution in [3.8, 4) is 6.07 Å². The maximum atomic E-state index is 9.06. The largest absolute Gasteiger partial charge is 0.380 e. The Balaban J connectivity index is 2.18. The Bertz CT molecular complexity index is 611. The van der Waals surface area contributed by atoms with Crippen molar-refractivity contribution in [2.45, 2.75) is 20.4 Å². The molecule has 1 N–H and O–H groups in total. The van der Waals surface area contributed by atoms with Crippen molar-refractivity contribution in [3.63, 3.8) is 0 Å². The molecule has 18 heavy (non-hydrogen) atoms. The summed E-state index contributed by atoms with van der Waals surface area (Å²) in [4.78, 5) is 2.65. The van der Waals surface area contributed by atoms with Crippen LogP contribution in [0, 0.1) is 25.2 Å². The Labute approximate surface area is 119 Å². The number of hydrogen-bond acceptors (Lipinski definition) is 3. The number of hydrogen-bond donors (Lipinski definition) is 1. The van der Waals surface area contributed by atoms with Gasteiger partial charge in [0.15, 0.2) is 0 Å². The molecule has 92 valence electrons. The number of aryl methyl sites for hydroxylation is 2. The molecular formula is C14H13BrN2S. The van der Waals surface area contributed by atoms with E-state index in [2.05, 4.69) is 47.2 Å². The molecule has 2 aromatic rings. The molecule has 0 fully saturated rings. The summed E-state index contributed by atoms with van der Waals surface area (Å²) in [6, 6.07) is 10.0. The van der Waals surface area contributed by atoms with Crippen LogP contribution in [0.1, 0.15) is 20.9 Å². The zero-order chi connectivity index (χ0) is 13.1. The van der Waals surface area contributed by atoms with E-state index < -0.39 is 0 Å². The molecule has 0 unspecified atom stereocenters. The highest BCUT2D eigenvalue weighted by Gasteiger charge is 2.05. The predicted molar refractivity (Wildman–Crippen MR) is 80.0 cm³/mol. The summed E-state index contributed by atoms with van der Waals surface area (Å²) in [7, 11) is 0. The molecule has 0 aliphatic rings. The number of rotatable bonds is 3. The zero-order valence-electron chi connectivity index (χ0n) is 10.2. The standard InChI is InChI=1S/C14H13BrN2S/c1-9-5-12(10(2)18-9)8-17-14-6-13(15)4-3-11(14)7-16/h3-6,17H,8H2,1-2H3. The lowest BCUT2D eigenvalue weighted by Gasteiger charge is -2.08. The van der Waals surface area contributed by atoms with Gasteiger partial charge in [0.2, 0.25) is 0 Å². The van der Waals surface area contributed by atoms with Crippen LogP contribution in [0.3, 0.4) is 0 Å². The predicted octanol–water partition coefficient (Wildman–Crippen LogP) is 4.61. The number of nitrogens with one attached hydrogen (secondary N) is 1. The highest BCUT2D eigenvalue weighted by molar-refractivity contribution is 9.10. The van der Waals surface area contributed by atoms with Gasteiger partial charge in [0.1, 0.15) is 6.07 Å². The Morgan fingerprint density at radius 1 is 1.33 bits per heavy atom. The minimum absolute atomic E-state index is 0.669. The van der Waals surface area contributed by atoms with E-state index in [1.165, 1.54) is 15.3 Å². The third-order valence-electron chi connectivity index (χ3n) is 2.72. The third kappa shape index (κ3) is 2.92. The lowest BCUT2D eigenvalue weighted by atomic mass is 10.2. The van der Waals surface area contributed by atoms with Crippen LogP contribution < -0.4 is 5.32 Å². The highest BCUT2D eigenvalue weighted by Crippen LogP contribution is 2.24. The maximum Gasteiger partial charge on any atom is 0.101 e. The first-order valence-corrected chi connectivity index (χ1v) is 7.20. The van der Waals surface area contributed by atoms with E-state index in [9.17, 15) is 0 Å². The van der Waals surface area contributed by atoms with Crippen LogP contribution >= 0.6 is 27.3 Å². The van der Waals surface area contributed by atoms with E-state index in [0.717, 1.165) is 16.7 Å². The number of benzene rings is 1. The summed E-state index contributed by atoms with van der Waals surface area (Å²) in [5.74, 6) is 0. The van der Waals surface area contributed by atoms with Crippen molar-refractivity contribution < 1.29 is 0 Å². The molecule has 0 spiro atoms. The van der Waals surface area contributed by atoms with E-state index in [1.54, 1.807) is 11.3 Å². The molecule has 0 saturated carbocycles. The molecule has 0 bridgehead atoms. The summed E-state index contributed by atoms with van der Waals surface area (Å²) < 4.78 is 0.974. The Morgan fingerprint density at radius 2 is 2.11 bits per heavy atom. The molecule has 1 heterocycles. The van der Waals surface area contributed by atoms with Gasteiger partial charge in [-0.05, 0) is 43.7 Å². The zero-order valence-corrected chi connectivity index (χ0v) is 12.7. The van der Waals surface area contributed by atoms with Gasteiger partial charge >= 0.3 is 0 Å². The van der Waals surface area contributed by atoms with Crippen molar-refractivity contribution in [3.05, 3.63) is 49.6 Å². The van der Waals surface area contributed by atoms with Crippen LogP contribution in [-0.4, -0.2) is 0 Å². The van der Waals surface area contributed by atoms with E-state index in [1.807, 2.05) is 18.2 Å². The molecule has 1 aromatic carbocycles. The maximum absolute atomic E-state index is 9.06. The Morgan fingerprint density at radius 3 is 2.72 bits per heavy atom. The van der Waals surface area contributed by atoms with Gasteiger partial charge in [-0.25, -0.2) is 0 Å². The van der Waals surface area contributed by atoms with Gasteiger partial charge in [-0.15, -0.1) is 11.3 Å². The van der Waals surface area contributed by atoms with E-state index in [-0.39, 0.29) is 0 Å². The minimum atomic E-state index is 0.669. The summed E-state index contributed by atoms with van der Waals surface area (Å²) in [5, 5.41) is 12.4. The van der Waals surface area contributed by atoms with Gasteiger partial charge < -0.3 is 5.32 Å². The number of thiophene rings is 1. The molecule has 2 nitrogen and oxygen atoms in total. The highest BCUT2D eigenvalue weighted by atomic mass is 79.9. The van der Waals surface area contributed by atoms with E-state index >= 15 is 0 Å². The molecule has 2 rings (SSSR count). The normalized spacial score (nSPS) is 10.1. The van der Waals surface area contributed by atoms with Crippen LogP contribution in [0.5, 0.6) is 0 Å². The third-order valence-corrected chi connectivity index (χ3v) is 4.22. The lowest BCUT2D eigenvalue weighted by molar-refractivity contribution is 1.14. The molecule has 0 aliphatic heterocycles. The van der Waals surface area contributed by atoms with Crippen molar-refractivity contribution >= 4 is 33.0 Å². The van der Waals surface area contributed by atoms with Crippen molar-refractivity contribution in [2.24, 2.45) is 0 Å². The first kappa shape index (κ1) is 13.1. The van der Waals surface area contributed by atoms with Crippen molar-refractivity contribution in [1.82, 2.24) is 0 Å². The van der Waals surface area contributed by atoms with Gasteiger partial charge in [0, 0.05) is 20.8 Å². The van der Waals surface area contributed by atoms with Crippen LogP contribution in [0.4, 0.5) is 5.69 Å². The van der Waals surface area contributed by atoms with Gasteiger partial charge in [-0.1, -0.05) is 15.9 Å². The molecule has 0 amide bonds. The second-order valence-corrected chi connectivity index (χ2v) is 6.47. The van der Waals surface area contributed by atoms with E-state index in [4.69, 9.17) is 5.26 Å². The average molecular weight is 321 g/mol. The molecule has 0 atom stereocenters. The van der Waals surface area contributed by atoms with Crippen molar-refractivity contribution in [2.75, 3.05) is 5.32 Å².